The molecule has 0 aliphatic heterocycles. The number of carbonyl (C=O) groups excluding carboxylic acids is 1. The van der Waals surface area contributed by atoms with Crippen LogP contribution in [0.25, 0.3) is 0 Å². The van der Waals surface area contributed by atoms with Crippen LogP contribution in [0, 0.1) is 5.92 Å². The average molecular weight is 307 g/mol. The summed E-state index contributed by atoms with van der Waals surface area (Å²) in [7, 11) is 0. The van der Waals surface area contributed by atoms with Crippen molar-refractivity contribution in [1.82, 2.24) is 0 Å². The fourth-order valence-electron chi connectivity index (χ4n) is 1.45. The highest BCUT2D eigenvalue weighted by Crippen LogP contribution is 2.33. The van der Waals surface area contributed by atoms with Crippen LogP contribution in [0.3, 0.4) is 0 Å². The van der Waals surface area contributed by atoms with Crippen LogP contribution in [0.1, 0.15) is 31.2 Å². The maximum Gasteiger partial charge on any atom is 0.311 e. The van der Waals surface area contributed by atoms with Crippen LogP contribution in [0.15, 0.2) is 15.9 Å². The van der Waals surface area contributed by atoms with Crippen molar-refractivity contribution in [2.75, 3.05) is 6.61 Å². The minimum atomic E-state index is -0.777. The summed E-state index contributed by atoms with van der Waals surface area (Å²) in [6.07, 6.45) is -0.212. The van der Waals surface area contributed by atoms with Gasteiger partial charge in [-0.15, -0.1) is 11.3 Å². The second-order valence-corrected chi connectivity index (χ2v) is 5.85. The SMILES string of the molecule is CCOC(=O)C(CC)C(O)c1ccc(Br)s1. The minimum absolute atomic E-state index is 0.331. The Hall–Kier alpha value is -0.390. The minimum Gasteiger partial charge on any atom is -0.466 e. The van der Waals surface area contributed by atoms with Gasteiger partial charge in [-0.3, -0.25) is 4.79 Å². The molecule has 5 heteroatoms. The van der Waals surface area contributed by atoms with E-state index < -0.39 is 12.0 Å². The Labute approximate surface area is 108 Å². The third kappa shape index (κ3) is 3.30. The van der Waals surface area contributed by atoms with Crippen molar-refractivity contribution < 1.29 is 14.6 Å². The largest absolute Gasteiger partial charge is 0.466 e. The molecule has 2 unspecified atom stereocenters. The molecule has 1 aromatic rings. The summed E-state index contributed by atoms with van der Waals surface area (Å²) in [6, 6.07) is 3.68. The van der Waals surface area contributed by atoms with Gasteiger partial charge in [0.25, 0.3) is 0 Å². The van der Waals surface area contributed by atoms with E-state index >= 15 is 0 Å². The Morgan fingerprint density at radius 1 is 1.56 bits per heavy atom. The van der Waals surface area contributed by atoms with E-state index in [1.165, 1.54) is 11.3 Å². The molecule has 16 heavy (non-hydrogen) atoms. The quantitative estimate of drug-likeness (QED) is 0.850. The van der Waals surface area contributed by atoms with Gasteiger partial charge in [-0.1, -0.05) is 6.92 Å². The molecule has 0 fully saturated rings. The zero-order chi connectivity index (χ0) is 12.1. The molecule has 0 aliphatic carbocycles. The third-order valence-electron chi connectivity index (χ3n) is 2.30. The topological polar surface area (TPSA) is 46.5 Å². The van der Waals surface area contributed by atoms with E-state index in [2.05, 4.69) is 15.9 Å². The van der Waals surface area contributed by atoms with Crippen LogP contribution in [0.4, 0.5) is 0 Å². The fourth-order valence-corrected chi connectivity index (χ4v) is 2.93. The van der Waals surface area contributed by atoms with E-state index in [9.17, 15) is 9.90 Å². The van der Waals surface area contributed by atoms with Gasteiger partial charge in [-0.05, 0) is 41.4 Å². The van der Waals surface area contributed by atoms with Crippen LogP contribution in [-0.4, -0.2) is 17.7 Å². The van der Waals surface area contributed by atoms with Gasteiger partial charge in [0.2, 0.25) is 0 Å². The second-order valence-electron chi connectivity index (χ2n) is 3.35. The van der Waals surface area contributed by atoms with E-state index in [1.54, 1.807) is 6.92 Å². The predicted octanol–water partition coefficient (Wildman–Crippen LogP) is 3.13. The molecule has 0 aliphatic rings. The number of aliphatic hydroxyl groups excluding tert-OH is 1. The van der Waals surface area contributed by atoms with Gasteiger partial charge in [0.05, 0.1) is 16.3 Å². The lowest BCUT2D eigenvalue weighted by molar-refractivity contribution is -0.152. The van der Waals surface area contributed by atoms with Crippen molar-refractivity contribution in [3.8, 4) is 0 Å². The highest BCUT2D eigenvalue weighted by Gasteiger charge is 2.28. The van der Waals surface area contributed by atoms with Gasteiger partial charge in [0, 0.05) is 4.88 Å². The first-order chi connectivity index (χ1) is 7.60. The Morgan fingerprint density at radius 3 is 2.69 bits per heavy atom. The van der Waals surface area contributed by atoms with Gasteiger partial charge in [0.15, 0.2) is 0 Å². The molecule has 0 amide bonds. The summed E-state index contributed by atoms with van der Waals surface area (Å²) in [5.41, 5.74) is 0. The number of esters is 1. The second kappa shape index (κ2) is 6.37. The molecule has 1 rings (SSSR count). The van der Waals surface area contributed by atoms with Crippen LogP contribution < -0.4 is 0 Å². The van der Waals surface area contributed by atoms with Crippen molar-refractivity contribution in [3.05, 3.63) is 20.8 Å². The van der Waals surface area contributed by atoms with E-state index in [-0.39, 0.29) is 5.97 Å². The lowest BCUT2D eigenvalue weighted by Gasteiger charge is -2.18. The molecule has 0 saturated heterocycles. The molecular weight excluding hydrogens is 292 g/mol. The smallest absolute Gasteiger partial charge is 0.311 e. The monoisotopic (exact) mass is 306 g/mol. The molecule has 3 nitrogen and oxygen atoms in total. The van der Waals surface area contributed by atoms with Crippen molar-refractivity contribution in [2.24, 2.45) is 5.92 Å². The van der Waals surface area contributed by atoms with E-state index in [0.29, 0.717) is 13.0 Å². The summed E-state index contributed by atoms with van der Waals surface area (Å²) in [5, 5.41) is 10.1. The van der Waals surface area contributed by atoms with Crippen molar-refractivity contribution >= 4 is 33.2 Å². The fraction of sp³-hybridized carbons (Fsp3) is 0.545. The molecule has 1 N–H and O–H groups in total. The van der Waals surface area contributed by atoms with E-state index in [1.807, 2.05) is 19.1 Å². The summed E-state index contributed by atoms with van der Waals surface area (Å²) in [6.45, 7) is 3.97. The zero-order valence-electron chi connectivity index (χ0n) is 9.27. The number of carbonyl (C=O) groups is 1. The van der Waals surface area contributed by atoms with Crippen LogP contribution in [0.5, 0.6) is 0 Å². The normalized spacial score (nSPS) is 14.5. The number of thiophene rings is 1. The Morgan fingerprint density at radius 2 is 2.25 bits per heavy atom. The maximum absolute atomic E-state index is 11.6. The van der Waals surface area contributed by atoms with Gasteiger partial charge < -0.3 is 9.84 Å². The lowest BCUT2D eigenvalue weighted by atomic mass is 9.98. The summed E-state index contributed by atoms with van der Waals surface area (Å²) in [5.74, 6) is -0.812. The maximum atomic E-state index is 11.6. The van der Waals surface area contributed by atoms with Crippen LogP contribution in [0.2, 0.25) is 0 Å². The Bertz CT molecular complexity index is 351. The van der Waals surface area contributed by atoms with Gasteiger partial charge in [0.1, 0.15) is 6.10 Å². The zero-order valence-corrected chi connectivity index (χ0v) is 11.7. The van der Waals surface area contributed by atoms with Crippen molar-refractivity contribution in [3.63, 3.8) is 0 Å². The molecule has 0 saturated carbocycles. The summed E-state index contributed by atoms with van der Waals surface area (Å²) < 4.78 is 5.88. The lowest BCUT2D eigenvalue weighted by Crippen LogP contribution is -2.23. The highest BCUT2D eigenvalue weighted by molar-refractivity contribution is 9.11. The Balaban J connectivity index is 2.76. The molecule has 2 atom stereocenters. The van der Waals surface area contributed by atoms with Crippen LogP contribution >= 0.6 is 27.3 Å². The van der Waals surface area contributed by atoms with E-state index in [0.717, 1.165) is 8.66 Å². The predicted molar refractivity (Wildman–Crippen MR) is 67.4 cm³/mol. The number of aliphatic hydroxyl groups is 1. The molecule has 90 valence electrons. The average Bonchev–Trinajstić information content (AvgIpc) is 2.66. The molecule has 0 bridgehead atoms. The van der Waals surface area contributed by atoms with Gasteiger partial charge >= 0.3 is 5.97 Å². The standard InChI is InChI=1S/C11H15BrO3S/c1-3-7(11(14)15-4-2)10(13)8-5-6-9(12)16-8/h5-7,10,13H,3-4H2,1-2H3. The molecule has 1 aromatic heterocycles. The van der Waals surface area contributed by atoms with Crippen LogP contribution in [-0.2, 0) is 9.53 Å². The number of ether oxygens (including phenoxy) is 1. The molecule has 0 radical (unpaired) electrons. The molecule has 0 spiro atoms. The van der Waals surface area contributed by atoms with Crippen molar-refractivity contribution in [2.45, 2.75) is 26.4 Å². The first-order valence-electron chi connectivity index (χ1n) is 5.20. The summed E-state index contributed by atoms with van der Waals surface area (Å²) >= 11 is 4.76. The Kier molecular flexibility index (Phi) is 5.44. The number of rotatable bonds is 5. The molecule has 0 aromatic carbocycles. The van der Waals surface area contributed by atoms with Gasteiger partial charge in [-0.2, -0.15) is 0 Å². The molecular formula is C11H15BrO3S. The number of hydrogen-bond acceptors (Lipinski definition) is 4. The van der Waals surface area contributed by atoms with Gasteiger partial charge in [-0.25, -0.2) is 0 Å². The first kappa shape index (κ1) is 13.7. The summed E-state index contributed by atoms with van der Waals surface area (Å²) in [4.78, 5) is 12.4. The molecule has 1 heterocycles. The first-order valence-corrected chi connectivity index (χ1v) is 6.81. The number of halogens is 1. The third-order valence-corrected chi connectivity index (χ3v) is 3.99. The van der Waals surface area contributed by atoms with E-state index in [4.69, 9.17) is 4.74 Å². The highest BCUT2D eigenvalue weighted by atomic mass is 79.9. The number of hydrogen-bond donors (Lipinski definition) is 1. The van der Waals surface area contributed by atoms with Crippen molar-refractivity contribution in [1.29, 1.82) is 0 Å².